The van der Waals surface area contributed by atoms with Gasteiger partial charge in [-0.3, -0.25) is 0 Å². The predicted molar refractivity (Wildman–Crippen MR) is 64.0 cm³/mol. The first-order chi connectivity index (χ1) is 7.77. The number of hydrogen-bond acceptors (Lipinski definition) is 4. The molecule has 0 atom stereocenters. The van der Waals surface area contributed by atoms with Crippen LogP contribution in [0.5, 0.6) is 11.5 Å². The molecular formula is C11H15BrO4. The highest BCUT2D eigenvalue weighted by Gasteiger charge is 2.02. The highest BCUT2D eigenvalue weighted by Crippen LogP contribution is 2.29. The maximum Gasteiger partial charge on any atom is 0.146 e. The van der Waals surface area contributed by atoms with E-state index in [1.807, 2.05) is 18.2 Å². The predicted octanol–water partition coefficient (Wildman–Crippen LogP) is 2.46. The largest absolute Gasteiger partial charge is 0.497 e. The van der Waals surface area contributed by atoms with E-state index in [1.165, 1.54) is 0 Å². The third-order valence-corrected chi connectivity index (χ3v) is 2.48. The Labute approximate surface area is 104 Å². The van der Waals surface area contributed by atoms with E-state index in [0.29, 0.717) is 13.2 Å². The van der Waals surface area contributed by atoms with Gasteiger partial charge in [0.15, 0.2) is 0 Å². The zero-order valence-electron chi connectivity index (χ0n) is 9.36. The topological polar surface area (TPSA) is 36.9 Å². The molecule has 0 aliphatic rings. The van der Waals surface area contributed by atoms with Gasteiger partial charge in [0.05, 0.1) is 18.2 Å². The van der Waals surface area contributed by atoms with Crippen LogP contribution in [0.15, 0.2) is 22.7 Å². The Morgan fingerprint density at radius 3 is 2.69 bits per heavy atom. The summed E-state index contributed by atoms with van der Waals surface area (Å²) in [4.78, 5) is 0. The maximum absolute atomic E-state index is 5.52. The number of ether oxygens (including phenoxy) is 4. The second-order valence-corrected chi connectivity index (χ2v) is 3.81. The molecule has 0 saturated carbocycles. The molecule has 0 N–H and O–H groups in total. The van der Waals surface area contributed by atoms with Crippen LogP contribution in [0.3, 0.4) is 0 Å². The zero-order valence-corrected chi connectivity index (χ0v) is 11.0. The molecule has 90 valence electrons. The Hall–Kier alpha value is -0.780. The van der Waals surface area contributed by atoms with Gasteiger partial charge < -0.3 is 18.9 Å². The molecular weight excluding hydrogens is 276 g/mol. The fourth-order valence-electron chi connectivity index (χ4n) is 1.07. The highest BCUT2D eigenvalue weighted by atomic mass is 79.9. The molecule has 0 heterocycles. The Kier molecular flexibility index (Phi) is 6.22. The Balaban J connectivity index is 2.40. The number of hydrogen-bond donors (Lipinski definition) is 0. The molecule has 1 aromatic carbocycles. The number of halogens is 1. The van der Waals surface area contributed by atoms with E-state index in [1.54, 1.807) is 14.2 Å². The van der Waals surface area contributed by atoms with Crippen molar-refractivity contribution in [3.63, 3.8) is 0 Å². The second kappa shape index (κ2) is 7.49. The molecule has 16 heavy (non-hydrogen) atoms. The van der Waals surface area contributed by atoms with E-state index < -0.39 is 0 Å². The summed E-state index contributed by atoms with van der Waals surface area (Å²) in [7, 11) is 3.20. The minimum Gasteiger partial charge on any atom is -0.497 e. The SMILES string of the molecule is COCOCCOc1cc(OC)ccc1Br. The van der Waals surface area contributed by atoms with E-state index in [0.717, 1.165) is 16.0 Å². The average molecular weight is 291 g/mol. The molecule has 0 radical (unpaired) electrons. The van der Waals surface area contributed by atoms with Crippen LogP contribution in [0, 0.1) is 0 Å². The highest BCUT2D eigenvalue weighted by molar-refractivity contribution is 9.10. The first-order valence-corrected chi connectivity index (χ1v) is 5.60. The van der Waals surface area contributed by atoms with Gasteiger partial charge in [0.2, 0.25) is 0 Å². The summed E-state index contributed by atoms with van der Waals surface area (Å²) in [5, 5.41) is 0. The van der Waals surface area contributed by atoms with Crippen molar-refractivity contribution in [2.75, 3.05) is 34.2 Å². The lowest BCUT2D eigenvalue weighted by Gasteiger charge is -2.09. The second-order valence-electron chi connectivity index (χ2n) is 2.96. The summed E-state index contributed by atoms with van der Waals surface area (Å²) >= 11 is 3.40. The van der Waals surface area contributed by atoms with Crippen molar-refractivity contribution >= 4 is 15.9 Å². The lowest BCUT2D eigenvalue weighted by atomic mass is 10.3. The zero-order chi connectivity index (χ0) is 11.8. The summed E-state index contributed by atoms with van der Waals surface area (Å²) in [6.45, 7) is 1.23. The van der Waals surface area contributed by atoms with Gasteiger partial charge >= 0.3 is 0 Å². The Morgan fingerprint density at radius 1 is 1.19 bits per heavy atom. The molecule has 0 spiro atoms. The van der Waals surface area contributed by atoms with Crippen molar-refractivity contribution in [3.8, 4) is 11.5 Å². The van der Waals surface area contributed by atoms with Gasteiger partial charge in [0.25, 0.3) is 0 Å². The molecule has 0 aliphatic heterocycles. The average Bonchev–Trinajstić information content (AvgIpc) is 2.31. The van der Waals surface area contributed by atoms with Crippen molar-refractivity contribution in [2.45, 2.75) is 0 Å². The minimum atomic E-state index is 0.280. The molecule has 0 amide bonds. The normalized spacial score (nSPS) is 10.2. The lowest BCUT2D eigenvalue weighted by Crippen LogP contribution is -2.08. The minimum absolute atomic E-state index is 0.280. The van der Waals surface area contributed by atoms with E-state index >= 15 is 0 Å². The van der Waals surface area contributed by atoms with Crippen LogP contribution in [0.25, 0.3) is 0 Å². The van der Waals surface area contributed by atoms with Gasteiger partial charge in [-0.2, -0.15) is 0 Å². The molecule has 1 aromatic rings. The standard InChI is InChI=1S/C11H15BrO4/c1-13-8-15-5-6-16-11-7-9(14-2)3-4-10(11)12/h3-4,7H,5-6,8H2,1-2H3. The summed E-state index contributed by atoms with van der Waals surface area (Å²) in [6.07, 6.45) is 0. The van der Waals surface area contributed by atoms with E-state index in [4.69, 9.17) is 18.9 Å². The third kappa shape index (κ3) is 4.38. The van der Waals surface area contributed by atoms with Crippen LogP contribution in [0.4, 0.5) is 0 Å². The summed E-state index contributed by atoms with van der Waals surface area (Å²) < 4.78 is 21.4. The first-order valence-electron chi connectivity index (χ1n) is 4.81. The molecule has 0 bridgehead atoms. The molecule has 0 fully saturated rings. The molecule has 0 saturated heterocycles. The first kappa shape index (κ1) is 13.3. The van der Waals surface area contributed by atoms with Crippen molar-refractivity contribution in [3.05, 3.63) is 22.7 Å². The quantitative estimate of drug-likeness (QED) is 0.571. The number of benzene rings is 1. The van der Waals surface area contributed by atoms with Crippen LogP contribution in [0.1, 0.15) is 0 Å². The lowest BCUT2D eigenvalue weighted by molar-refractivity contribution is -0.0388. The summed E-state index contributed by atoms with van der Waals surface area (Å²) in [6, 6.07) is 5.56. The van der Waals surface area contributed by atoms with Gasteiger partial charge in [0.1, 0.15) is 24.9 Å². The number of rotatable bonds is 7. The van der Waals surface area contributed by atoms with E-state index in [9.17, 15) is 0 Å². The molecule has 4 nitrogen and oxygen atoms in total. The van der Waals surface area contributed by atoms with Gasteiger partial charge in [-0.05, 0) is 28.1 Å². The van der Waals surface area contributed by atoms with Crippen LogP contribution < -0.4 is 9.47 Å². The Morgan fingerprint density at radius 2 is 2.00 bits per heavy atom. The van der Waals surface area contributed by atoms with Gasteiger partial charge in [0, 0.05) is 13.2 Å². The fourth-order valence-corrected chi connectivity index (χ4v) is 1.44. The van der Waals surface area contributed by atoms with Crippen molar-refractivity contribution in [1.82, 2.24) is 0 Å². The van der Waals surface area contributed by atoms with Crippen LogP contribution in [-0.2, 0) is 9.47 Å². The Bertz CT molecular complexity index is 317. The van der Waals surface area contributed by atoms with Crippen LogP contribution in [-0.4, -0.2) is 34.2 Å². The maximum atomic E-state index is 5.52. The van der Waals surface area contributed by atoms with Crippen LogP contribution in [0.2, 0.25) is 0 Å². The van der Waals surface area contributed by atoms with E-state index in [-0.39, 0.29) is 6.79 Å². The molecule has 0 aliphatic carbocycles. The van der Waals surface area contributed by atoms with Crippen molar-refractivity contribution in [2.24, 2.45) is 0 Å². The van der Waals surface area contributed by atoms with Gasteiger partial charge in [-0.25, -0.2) is 0 Å². The van der Waals surface area contributed by atoms with Gasteiger partial charge in [-0.15, -0.1) is 0 Å². The van der Waals surface area contributed by atoms with Crippen LogP contribution >= 0.6 is 15.9 Å². The van der Waals surface area contributed by atoms with Gasteiger partial charge in [-0.1, -0.05) is 0 Å². The molecule has 1 rings (SSSR count). The smallest absolute Gasteiger partial charge is 0.146 e. The van der Waals surface area contributed by atoms with E-state index in [2.05, 4.69) is 15.9 Å². The van der Waals surface area contributed by atoms with Crippen molar-refractivity contribution < 1.29 is 18.9 Å². The molecule has 0 aromatic heterocycles. The number of methoxy groups -OCH3 is 2. The summed E-state index contributed by atoms with van der Waals surface area (Å²) in [5.41, 5.74) is 0. The summed E-state index contributed by atoms with van der Waals surface area (Å²) in [5.74, 6) is 1.50. The van der Waals surface area contributed by atoms with Crippen molar-refractivity contribution in [1.29, 1.82) is 0 Å². The molecule has 0 unspecified atom stereocenters. The molecule has 5 heteroatoms. The third-order valence-electron chi connectivity index (χ3n) is 1.82. The monoisotopic (exact) mass is 290 g/mol. The fraction of sp³-hybridized carbons (Fsp3) is 0.455.